The van der Waals surface area contributed by atoms with Gasteiger partial charge in [0.05, 0.1) is 5.52 Å². The lowest BCUT2D eigenvalue weighted by Gasteiger charge is -2.38. The zero-order valence-electron chi connectivity index (χ0n) is 24.0. The molecule has 0 unspecified atom stereocenters. The first-order valence-electron chi connectivity index (χ1n) is 14.3. The molecule has 0 spiro atoms. The van der Waals surface area contributed by atoms with E-state index >= 15 is 0 Å². The standard InChI is InChI=1S/C32H34Br2N8/c1-20(2)29-19-41(13-12-35-29)31-32(40-39-30(36-31)24-10-11-28-27(16-24)21(3)37-38-28)42(17-22-6-4-8-25(33)14-22)18-23-7-5-9-26(34)15-23/h4-11,14-16,20,29,35H,12-13,17-19H2,1-3H3,(H,37,38)/t29-/m1/s1. The molecule has 0 aliphatic carbocycles. The van der Waals surface area contributed by atoms with Gasteiger partial charge in [-0.15, -0.1) is 10.2 Å². The van der Waals surface area contributed by atoms with Crippen LogP contribution < -0.4 is 15.1 Å². The van der Waals surface area contributed by atoms with E-state index in [1.165, 1.54) is 11.1 Å². The molecule has 6 rings (SSSR count). The molecule has 1 saturated heterocycles. The highest BCUT2D eigenvalue weighted by Gasteiger charge is 2.28. The largest absolute Gasteiger partial charge is 0.351 e. The van der Waals surface area contributed by atoms with Crippen LogP contribution in [0.5, 0.6) is 0 Å². The smallest absolute Gasteiger partial charge is 0.195 e. The number of halogens is 2. The first-order valence-corrected chi connectivity index (χ1v) is 15.8. The number of nitrogens with one attached hydrogen (secondary N) is 2. The molecule has 1 aliphatic rings. The lowest BCUT2D eigenvalue weighted by atomic mass is 10.0. The molecule has 3 aromatic carbocycles. The van der Waals surface area contributed by atoms with E-state index in [4.69, 9.17) is 15.2 Å². The molecule has 0 amide bonds. The van der Waals surface area contributed by atoms with Crippen LogP contribution in [0.1, 0.15) is 30.7 Å². The SMILES string of the molecule is Cc1[nH]nc2ccc(-c3nnc(N(Cc4cccc(Br)c4)Cc4cccc(Br)c4)c(N4CCN[C@@H](C(C)C)C4)n3)cc12. The number of rotatable bonds is 8. The van der Waals surface area contributed by atoms with Crippen molar-refractivity contribution in [2.45, 2.75) is 39.9 Å². The van der Waals surface area contributed by atoms with Crippen molar-refractivity contribution >= 4 is 54.4 Å². The van der Waals surface area contributed by atoms with Crippen LogP contribution in [0.3, 0.4) is 0 Å². The molecule has 2 aromatic heterocycles. The summed E-state index contributed by atoms with van der Waals surface area (Å²) in [6.45, 7) is 10.5. The summed E-state index contributed by atoms with van der Waals surface area (Å²) in [4.78, 5) is 9.92. The fraction of sp³-hybridized carbons (Fsp3) is 0.312. The molecule has 5 aromatic rings. The van der Waals surface area contributed by atoms with Gasteiger partial charge in [0.1, 0.15) is 0 Å². The van der Waals surface area contributed by atoms with Crippen LogP contribution >= 0.6 is 31.9 Å². The van der Waals surface area contributed by atoms with Gasteiger partial charge in [0.15, 0.2) is 17.5 Å². The van der Waals surface area contributed by atoms with Crippen molar-refractivity contribution in [2.24, 2.45) is 5.92 Å². The summed E-state index contributed by atoms with van der Waals surface area (Å²) < 4.78 is 2.10. The summed E-state index contributed by atoms with van der Waals surface area (Å²) in [7, 11) is 0. The number of piperazine rings is 1. The van der Waals surface area contributed by atoms with Crippen molar-refractivity contribution in [3.05, 3.63) is 92.5 Å². The normalized spacial score (nSPS) is 15.5. The minimum absolute atomic E-state index is 0.360. The lowest BCUT2D eigenvalue weighted by Crippen LogP contribution is -2.53. The Morgan fingerprint density at radius 1 is 0.952 bits per heavy atom. The van der Waals surface area contributed by atoms with E-state index in [2.05, 4.69) is 126 Å². The number of hydrogen-bond donors (Lipinski definition) is 2. The topological polar surface area (TPSA) is 85.9 Å². The number of aromatic nitrogens is 5. The third kappa shape index (κ3) is 6.35. The molecule has 3 heterocycles. The van der Waals surface area contributed by atoms with Crippen molar-refractivity contribution in [3.8, 4) is 11.4 Å². The summed E-state index contributed by atoms with van der Waals surface area (Å²) in [6, 6.07) is 23.4. The molecule has 0 bridgehead atoms. The van der Waals surface area contributed by atoms with Gasteiger partial charge in [0, 0.05) is 64.4 Å². The summed E-state index contributed by atoms with van der Waals surface area (Å²) in [6.07, 6.45) is 0. The highest BCUT2D eigenvalue weighted by atomic mass is 79.9. The van der Waals surface area contributed by atoms with Gasteiger partial charge in [-0.05, 0) is 66.4 Å². The average molecular weight is 690 g/mol. The number of nitrogens with zero attached hydrogens (tertiary/aromatic N) is 6. The Morgan fingerprint density at radius 2 is 1.67 bits per heavy atom. The summed E-state index contributed by atoms with van der Waals surface area (Å²) in [5.41, 5.74) is 5.23. The van der Waals surface area contributed by atoms with E-state index in [1.54, 1.807) is 0 Å². The highest BCUT2D eigenvalue weighted by molar-refractivity contribution is 9.10. The molecular weight excluding hydrogens is 656 g/mol. The van der Waals surface area contributed by atoms with Gasteiger partial charge < -0.3 is 15.1 Å². The van der Waals surface area contributed by atoms with Crippen LogP contribution in [0.4, 0.5) is 11.6 Å². The molecule has 10 heteroatoms. The van der Waals surface area contributed by atoms with E-state index < -0.39 is 0 Å². The number of aryl methyl sites for hydroxylation is 1. The average Bonchev–Trinajstić information content (AvgIpc) is 3.36. The lowest BCUT2D eigenvalue weighted by molar-refractivity contribution is 0.367. The summed E-state index contributed by atoms with van der Waals surface area (Å²) in [5, 5.41) is 21.9. The van der Waals surface area contributed by atoms with Crippen LogP contribution in [-0.2, 0) is 13.1 Å². The zero-order chi connectivity index (χ0) is 29.2. The van der Waals surface area contributed by atoms with Gasteiger partial charge in [0.2, 0.25) is 0 Å². The van der Waals surface area contributed by atoms with Gasteiger partial charge in [-0.2, -0.15) is 5.10 Å². The Morgan fingerprint density at radius 3 is 2.33 bits per heavy atom. The van der Waals surface area contributed by atoms with Crippen LogP contribution in [0.2, 0.25) is 0 Å². The molecule has 2 N–H and O–H groups in total. The van der Waals surface area contributed by atoms with E-state index in [0.717, 1.165) is 62.4 Å². The monoisotopic (exact) mass is 688 g/mol. The van der Waals surface area contributed by atoms with E-state index in [1.807, 2.05) is 19.1 Å². The zero-order valence-corrected chi connectivity index (χ0v) is 27.2. The fourth-order valence-corrected chi connectivity index (χ4v) is 6.36. The maximum Gasteiger partial charge on any atom is 0.195 e. The predicted octanol–water partition coefficient (Wildman–Crippen LogP) is 6.89. The van der Waals surface area contributed by atoms with Gasteiger partial charge in [-0.3, -0.25) is 5.10 Å². The van der Waals surface area contributed by atoms with Crippen molar-refractivity contribution < 1.29 is 0 Å². The van der Waals surface area contributed by atoms with Crippen molar-refractivity contribution in [3.63, 3.8) is 0 Å². The number of benzene rings is 3. The number of hydrogen-bond acceptors (Lipinski definition) is 7. The molecule has 1 atom stereocenters. The molecule has 42 heavy (non-hydrogen) atoms. The summed E-state index contributed by atoms with van der Waals surface area (Å²) >= 11 is 7.30. The van der Waals surface area contributed by atoms with E-state index in [9.17, 15) is 0 Å². The van der Waals surface area contributed by atoms with Gasteiger partial charge in [-0.25, -0.2) is 4.98 Å². The molecule has 1 fully saturated rings. The molecule has 8 nitrogen and oxygen atoms in total. The Labute approximate surface area is 263 Å². The molecule has 216 valence electrons. The van der Waals surface area contributed by atoms with E-state index in [-0.39, 0.29) is 0 Å². The predicted molar refractivity (Wildman–Crippen MR) is 177 cm³/mol. The first-order chi connectivity index (χ1) is 20.3. The van der Waals surface area contributed by atoms with Crippen molar-refractivity contribution in [1.82, 2.24) is 30.7 Å². The third-order valence-corrected chi connectivity index (χ3v) is 8.77. The second kappa shape index (κ2) is 12.5. The molecule has 1 aliphatic heterocycles. The number of H-pyrrole nitrogens is 1. The second-order valence-electron chi connectivity index (χ2n) is 11.2. The third-order valence-electron chi connectivity index (χ3n) is 7.79. The van der Waals surface area contributed by atoms with Crippen LogP contribution in [-0.4, -0.2) is 51.1 Å². The molecular formula is C32H34Br2N8. The Balaban J connectivity index is 1.46. The minimum Gasteiger partial charge on any atom is -0.351 e. The minimum atomic E-state index is 0.360. The highest BCUT2D eigenvalue weighted by Crippen LogP contribution is 2.32. The molecule has 0 saturated carbocycles. The molecule has 0 radical (unpaired) electrons. The van der Waals surface area contributed by atoms with E-state index in [0.29, 0.717) is 30.9 Å². The number of anilines is 2. The Bertz CT molecular complexity index is 1650. The van der Waals surface area contributed by atoms with Crippen LogP contribution in [0, 0.1) is 12.8 Å². The maximum absolute atomic E-state index is 5.25. The Kier molecular flexibility index (Phi) is 8.55. The van der Waals surface area contributed by atoms with Crippen molar-refractivity contribution in [1.29, 1.82) is 0 Å². The second-order valence-corrected chi connectivity index (χ2v) is 13.1. The summed E-state index contributed by atoms with van der Waals surface area (Å²) in [5.74, 6) is 2.75. The Hall–Kier alpha value is -3.34. The number of aromatic amines is 1. The maximum atomic E-state index is 5.25. The van der Waals surface area contributed by atoms with Crippen molar-refractivity contribution in [2.75, 3.05) is 29.4 Å². The number of fused-ring (bicyclic) bond motifs is 1. The fourth-order valence-electron chi connectivity index (χ4n) is 5.46. The first kappa shape index (κ1) is 28.8. The van der Waals surface area contributed by atoms with Gasteiger partial charge in [0.25, 0.3) is 0 Å². The van der Waals surface area contributed by atoms with Gasteiger partial charge >= 0.3 is 0 Å². The van der Waals surface area contributed by atoms with Crippen LogP contribution in [0.15, 0.2) is 75.7 Å². The quantitative estimate of drug-likeness (QED) is 0.184. The van der Waals surface area contributed by atoms with Gasteiger partial charge in [-0.1, -0.05) is 70.0 Å². The van der Waals surface area contributed by atoms with Crippen LogP contribution in [0.25, 0.3) is 22.3 Å².